The molecule has 1 heteroatoms. The third kappa shape index (κ3) is 2.67. The van der Waals surface area contributed by atoms with E-state index in [1.165, 1.54) is 11.1 Å². The fraction of sp³-hybridized carbons (Fsp3) is 0.455. The minimum absolute atomic E-state index is 0.563. The van der Waals surface area contributed by atoms with Crippen LogP contribution in [0.25, 0.3) is 0 Å². The largest absolute Gasteiger partial charge is 0.317 e. The summed E-state index contributed by atoms with van der Waals surface area (Å²) in [6, 6.07) is 9.29. The van der Waals surface area contributed by atoms with E-state index in [2.05, 4.69) is 43.4 Å². The fourth-order valence-electron chi connectivity index (χ4n) is 1.18. The lowest BCUT2D eigenvalue weighted by molar-refractivity contribution is 0.608. The van der Waals surface area contributed by atoms with Gasteiger partial charge in [0.25, 0.3) is 0 Å². The van der Waals surface area contributed by atoms with Crippen LogP contribution in [0.1, 0.15) is 18.1 Å². The standard InChI is InChI=1S/C11H17N/c1-9-4-6-11(7-5-9)8-10(2)12-3/h4-7,10,12H,8H2,1-3H3/t10-/m0/s1. The van der Waals surface area contributed by atoms with Crippen LogP contribution >= 0.6 is 0 Å². The molecule has 0 aromatic heterocycles. The molecule has 1 atom stereocenters. The second-order valence-electron chi connectivity index (χ2n) is 3.38. The molecule has 1 N–H and O–H groups in total. The molecular weight excluding hydrogens is 146 g/mol. The summed E-state index contributed by atoms with van der Waals surface area (Å²) in [5.41, 5.74) is 2.73. The van der Waals surface area contributed by atoms with Crippen LogP contribution in [-0.4, -0.2) is 13.1 Å². The minimum atomic E-state index is 0.563. The van der Waals surface area contributed by atoms with Crippen LogP contribution in [0.5, 0.6) is 0 Å². The molecule has 0 radical (unpaired) electrons. The molecule has 0 unspecified atom stereocenters. The van der Waals surface area contributed by atoms with Crippen LogP contribution in [0.15, 0.2) is 24.3 Å². The molecule has 0 heterocycles. The van der Waals surface area contributed by atoms with Crippen molar-refractivity contribution in [2.75, 3.05) is 7.05 Å². The Labute approximate surface area is 74.8 Å². The van der Waals surface area contributed by atoms with E-state index in [1.54, 1.807) is 0 Å². The lowest BCUT2D eigenvalue weighted by Crippen LogP contribution is -2.23. The predicted octanol–water partition coefficient (Wildman–Crippen LogP) is 2.15. The molecule has 0 aliphatic heterocycles. The Kier molecular flexibility index (Phi) is 3.30. The topological polar surface area (TPSA) is 12.0 Å². The number of aryl methyl sites for hydroxylation is 1. The SMILES string of the molecule is CN[C@@H](C)Cc1ccc(C)cc1. The maximum atomic E-state index is 3.23. The summed E-state index contributed by atoms with van der Waals surface area (Å²) in [5, 5.41) is 3.23. The van der Waals surface area contributed by atoms with Gasteiger partial charge in [-0.3, -0.25) is 0 Å². The van der Waals surface area contributed by atoms with Crippen molar-refractivity contribution in [1.82, 2.24) is 5.32 Å². The van der Waals surface area contributed by atoms with Crippen LogP contribution in [-0.2, 0) is 6.42 Å². The van der Waals surface area contributed by atoms with Gasteiger partial charge in [0, 0.05) is 6.04 Å². The second-order valence-corrected chi connectivity index (χ2v) is 3.38. The summed E-state index contributed by atoms with van der Waals surface area (Å²) in [7, 11) is 2.00. The number of hydrogen-bond acceptors (Lipinski definition) is 1. The lowest BCUT2D eigenvalue weighted by Gasteiger charge is -2.09. The van der Waals surface area contributed by atoms with Gasteiger partial charge in [-0.05, 0) is 32.9 Å². The molecule has 0 bridgehead atoms. The molecule has 0 spiro atoms. The van der Waals surface area contributed by atoms with Crippen molar-refractivity contribution in [1.29, 1.82) is 0 Å². The molecule has 0 aliphatic carbocycles. The van der Waals surface area contributed by atoms with Crippen molar-refractivity contribution < 1.29 is 0 Å². The van der Waals surface area contributed by atoms with Gasteiger partial charge >= 0.3 is 0 Å². The number of nitrogens with one attached hydrogen (secondary N) is 1. The van der Waals surface area contributed by atoms with E-state index in [1.807, 2.05) is 7.05 Å². The summed E-state index contributed by atoms with van der Waals surface area (Å²) in [6.45, 7) is 4.31. The lowest BCUT2D eigenvalue weighted by atomic mass is 10.1. The third-order valence-corrected chi connectivity index (χ3v) is 2.16. The maximum absolute atomic E-state index is 3.23. The Morgan fingerprint density at radius 3 is 2.33 bits per heavy atom. The first-order chi connectivity index (χ1) is 5.72. The van der Waals surface area contributed by atoms with Gasteiger partial charge < -0.3 is 5.32 Å². The van der Waals surface area contributed by atoms with Gasteiger partial charge in [0.1, 0.15) is 0 Å². The van der Waals surface area contributed by atoms with Crippen LogP contribution in [0.3, 0.4) is 0 Å². The van der Waals surface area contributed by atoms with Crippen molar-refractivity contribution in [2.45, 2.75) is 26.3 Å². The Morgan fingerprint density at radius 1 is 1.25 bits per heavy atom. The average Bonchev–Trinajstić information content (AvgIpc) is 2.09. The van der Waals surface area contributed by atoms with E-state index < -0.39 is 0 Å². The van der Waals surface area contributed by atoms with Crippen LogP contribution in [0, 0.1) is 6.92 Å². The van der Waals surface area contributed by atoms with Crippen molar-refractivity contribution in [3.8, 4) is 0 Å². The molecule has 0 fully saturated rings. The van der Waals surface area contributed by atoms with Crippen molar-refractivity contribution in [3.63, 3.8) is 0 Å². The number of benzene rings is 1. The van der Waals surface area contributed by atoms with E-state index in [9.17, 15) is 0 Å². The Balaban J connectivity index is 2.58. The van der Waals surface area contributed by atoms with Gasteiger partial charge in [-0.25, -0.2) is 0 Å². The summed E-state index contributed by atoms with van der Waals surface area (Å²) in [6.07, 6.45) is 1.11. The summed E-state index contributed by atoms with van der Waals surface area (Å²) in [4.78, 5) is 0. The minimum Gasteiger partial charge on any atom is -0.317 e. The molecule has 66 valence electrons. The number of rotatable bonds is 3. The van der Waals surface area contributed by atoms with E-state index in [0.29, 0.717) is 6.04 Å². The Morgan fingerprint density at radius 2 is 1.83 bits per heavy atom. The van der Waals surface area contributed by atoms with Gasteiger partial charge in [-0.15, -0.1) is 0 Å². The van der Waals surface area contributed by atoms with E-state index in [0.717, 1.165) is 6.42 Å². The molecule has 0 saturated heterocycles. The van der Waals surface area contributed by atoms with Gasteiger partial charge in [0.05, 0.1) is 0 Å². The highest BCUT2D eigenvalue weighted by molar-refractivity contribution is 5.21. The smallest absolute Gasteiger partial charge is 0.00761 e. The van der Waals surface area contributed by atoms with Gasteiger partial charge in [0.2, 0.25) is 0 Å². The summed E-state index contributed by atoms with van der Waals surface area (Å²) in [5.74, 6) is 0. The van der Waals surface area contributed by atoms with Gasteiger partial charge in [-0.2, -0.15) is 0 Å². The van der Waals surface area contributed by atoms with Crippen LogP contribution in [0.2, 0.25) is 0 Å². The maximum Gasteiger partial charge on any atom is 0.00761 e. The quantitative estimate of drug-likeness (QED) is 0.720. The highest BCUT2D eigenvalue weighted by atomic mass is 14.8. The van der Waals surface area contributed by atoms with Crippen molar-refractivity contribution >= 4 is 0 Å². The Hall–Kier alpha value is -0.820. The van der Waals surface area contributed by atoms with Crippen molar-refractivity contribution in [2.24, 2.45) is 0 Å². The molecule has 1 aromatic carbocycles. The fourth-order valence-corrected chi connectivity index (χ4v) is 1.18. The molecule has 1 aromatic rings. The molecular formula is C11H17N. The summed E-state index contributed by atoms with van der Waals surface area (Å²) >= 11 is 0. The molecule has 0 saturated carbocycles. The second kappa shape index (κ2) is 4.27. The molecule has 1 rings (SSSR count). The highest BCUT2D eigenvalue weighted by Gasteiger charge is 1.98. The van der Waals surface area contributed by atoms with Gasteiger partial charge in [0.15, 0.2) is 0 Å². The first kappa shape index (κ1) is 9.27. The first-order valence-corrected chi connectivity index (χ1v) is 4.45. The molecule has 1 nitrogen and oxygen atoms in total. The zero-order valence-electron chi connectivity index (χ0n) is 8.09. The monoisotopic (exact) mass is 163 g/mol. The highest BCUT2D eigenvalue weighted by Crippen LogP contribution is 2.05. The Bertz CT molecular complexity index is 225. The van der Waals surface area contributed by atoms with Crippen LogP contribution in [0.4, 0.5) is 0 Å². The van der Waals surface area contributed by atoms with Crippen LogP contribution < -0.4 is 5.32 Å². The van der Waals surface area contributed by atoms with E-state index in [-0.39, 0.29) is 0 Å². The third-order valence-electron chi connectivity index (χ3n) is 2.16. The normalized spacial score (nSPS) is 12.9. The summed E-state index contributed by atoms with van der Waals surface area (Å²) < 4.78 is 0. The zero-order chi connectivity index (χ0) is 8.97. The molecule has 0 aliphatic rings. The first-order valence-electron chi connectivity index (χ1n) is 4.45. The molecule has 12 heavy (non-hydrogen) atoms. The van der Waals surface area contributed by atoms with Crippen molar-refractivity contribution in [3.05, 3.63) is 35.4 Å². The zero-order valence-corrected chi connectivity index (χ0v) is 8.09. The van der Waals surface area contributed by atoms with E-state index >= 15 is 0 Å². The number of hydrogen-bond donors (Lipinski definition) is 1. The predicted molar refractivity (Wildman–Crippen MR) is 53.4 cm³/mol. The molecule has 0 amide bonds. The van der Waals surface area contributed by atoms with Gasteiger partial charge in [-0.1, -0.05) is 29.8 Å². The average molecular weight is 163 g/mol. The van der Waals surface area contributed by atoms with E-state index in [4.69, 9.17) is 0 Å². The number of likely N-dealkylation sites (N-methyl/N-ethyl adjacent to an activating group) is 1.